The van der Waals surface area contributed by atoms with Crippen molar-refractivity contribution in [3.8, 4) is 17.2 Å². The highest BCUT2D eigenvalue weighted by molar-refractivity contribution is 5.93. The number of carbonyl (C=O) groups excluding carboxylic acids is 1. The van der Waals surface area contributed by atoms with Gasteiger partial charge in [-0.15, -0.1) is 17.5 Å². The molecule has 3 aliphatic rings. The lowest BCUT2D eigenvalue weighted by atomic mass is 9.78. The van der Waals surface area contributed by atoms with Crippen LogP contribution in [0, 0.1) is 12.3 Å². The van der Waals surface area contributed by atoms with Gasteiger partial charge < -0.3 is 19.7 Å². The van der Waals surface area contributed by atoms with Crippen molar-refractivity contribution in [3.63, 3.8) is 0 Å². The van der Waals surface area contributed by atoms with Crippen molar-refractivity contribution in [2.24, 2.45) is 5.41 Å². The predicted octanol–water partition coefficient (Wildman–Crippen LogP) is 1.98. The van der Waals surface area contributed by atoms with Crippen LogP contribution < -0.4 is 14.8 Å². The summed E-state index contributed by atoms with van der Waals surface area (Å²) in [6, 6.07) is 5.65. The summed E-state index contributed by atoms with van der Waals surface area (Å²) in [5, 5.41) is 11.9. The van der Waals surface area contributed by atoms with Crippen LogP contribution in [-0.4, -0.2) is 65.2 Å². The molecule has 1 amide bonds. The molecule has 29 heavy (non-hydrogen) atoms. The van der Waals surface area contributed by atoms with Gasteiger partial charge in [0.2, 0.25) is 0 Å². The predicted molar refractivity (Wildman–Crippen MR) is 109 cm³/mol. The maximum absolute atomic E-state index is 13.1. The number of hydrogen-bond acceptors (Lipinski definition) is 6. The number of benzene rings is 1. The molecule has 8 nitrogen and oxygen atoms in total. The van der Waals surface area contributed by atoms with E-state index in [1.54, 1.807) is 4.68 Å². The Balaban J connectivity index is 0.00000205. The number of nitrogens with one attached hydrogen (secondary N) is 1. The molecule has 0 unspecified atom stereocenters. The van der Waals surface area contributed by atoms with Crippen molar-refractivity contribution >= 4 is 18.3 Å². The van der Waals surface area contributed by atoms with E-state index in [9.17, 15) is 4.79 Å². The maximum atomic E-state index is 13.1. The molecular formula is C20H26ClN5O3. The Labute approximate surface area is 175 Å². The second kappa shape index (κ2) is 7.84. The largest absolute Gasteiger partial charge is 0.486 e. The van der Waals surface area contributed by atoms with E-state index in [0.717, 1.165) is 56.2 Å². The molecule has 0 atom stereocenters. The maximum Gasteiger partial charge on any atom is 0.276 e. The molecule has 0 aliphatic carbocycles. The normalized spacial score (nSPS) is 19.8. The molecular weight excluding hydrogens is 394 g/mol. The SMILES string of the molecule is Cc1c(C(=O)N2CCC3(CCNC3)CC2)nnn1-c1ccc2c(c1)OCCO2.Cl. The van der Waals surface area contributed by atoms with Crippen molar-refractivity contribution in [1.29, 1.82) is 0 Å². The van der Waals surface area contributed by atoms with Gasteiger partial charge in [0.05, 0.1) is 11.4 Å². The number of hydrogen-bond donors (Lipinski definition) is 1. The standard InChI is InChI=1S/C20H25N5O3.ClH/c1-14-18(19(26)24-8-5-20(6-9-24)4-7-21-13-20)22-23-25(14)15-2-3-16-17(12-15)28-11-10-27-16;/h2-3,12,21H,4-11,13H2,1H3;1H. The molecule has 2 aromatic rings. The zero-order valence-corrected chi connectivity index (χ0v) is 17.3. The average Bonchev–Trinajstić information content (AvgIpc) is 3.34. The van der Waals surface area contributed by atoms with Crippen molar-refractivity contribution in [2.75, 3.05) is 39.4 Å². The summed E-state index contributed by atoms with van der Waals surface area (Å²) >= 11 is 0. The number of ether oxygens (including phenoxy) is 2. The van der Waals surface area contributed by atoms with E-state index in [-0.39, 0.29) is 18.3 Å². The highest BCUT2D eigenvalue weighted by Crippen LogP contribution is 2.37. The zero-order valence-electron chi connectivity index (χ0n) is 16.5. The highest BCUT2D eigenvalue weighted by Gasteiger charge is 2.38. The summed E-state index contributed by atoms with van der Waals surface area (Å²) in [7, 11) is 0. The summed E-state index contributed by atoms with van der Waals surface area (Å²) in [6.45, 7) is 6.72. The van der Waals surface area contributed by atoms with Crippen molar-refractivity contribution in [2.45, 2.75) is 26.2 Å². The monoisotopic (exact) mass is 419 g/mol. The first-order valence-electron chi connectivity index (χ1n) is 9.98. The van der Waals surface area contributed by atoms with E-state index < -0.39 is 0 Å². The number of aromatic nitrogens is 3. The van der Waals surface area contributed by atoms with E-state index in [4.69, 9.17) is 9.47 Å². The lowest BCUT2D eigenvalue weighted by Crippen LogP contribution is -2.44. The van der Waals surface area contributed by atoms with Crippen LogP contribution >= 0.6 is 12.4 Å². The summed E-state index contributed by atoms with van der Waals surface area (Å²) in [6.07, 6.45) is 3.33. The number of rotatable bonds is 2. The van der Waals surface area contributed by atoms with Gasteiger partial charge in [0.1, 0.15) is 13.2 Å². The fraction of sp³-hybridized carbons (Fsp3) is 0.550. The van der Waals surface area contributed by atoms with Crippen LogP contribution in [0.1, 0.15) is 35.4 Å². The second-order valence-corrected chi connectivity index (χ2v) is 7.98. The number of likely N-dealkylation sites (tertiary alicyclic amines) is 1. The first-order valence-corrected chi connectivity index (χ1v) is 9.98. The summed E-state index contributed by atoms with van der Waals surface area (Å²) in [5.41, 5.74) is 2.36. The minimum absolute atomic E-state index is 0. The van der Waals surface area contributed by atoms with E-state index in [1.807, 2.05) is 30.0 Å². The Morgan fingerprint density at radius 2 is 1.90 bits per heavy atom. The molecule has 2 fully saturated rings. The third-order valence-corrected chi connectivity index (χ3v) is 6.31. The smallest absolute Gasteiger partial charge is 0.276 e. The molecule has 1 spiro atoms. The summed E-state index contributed by atoms with van der Waals surface area (Å²) in [4.78, 5) is 15.0. The molecule has 1 aromatic heterocycles. The van der Waals surface area contributed by atoms with Crippen molar-refractivity contribution in [3.05, 3.63) is 29.6 Å². The third-order valence-electron chi connectivity index (χ3n) is 6.31. The van der Waals surface area contributed by atoms with Gasteiger partial charge in [-0.3, -0.25) is 4.79 Å². The molecule has 3 aliphatic heterocycles. The quantitative estimate of drug-likeness (QED) is 0.801. The molecule has 5 rings (SSSR count). The van der Waals surface area contributed by atoms with Crippen molar-refractivity contribution in [1.82, 2.24) is 25.2 Å². The molecule has 0 bridgehead atoms. The number of amides is 1. The number of nitrogens with zero attached hydrogens (tertiary/aromatic N) is 4. The fourth-order valence-corrected chi connectivity index (χ4v) is 4.49. The summed E-state index contributed by atoms with van der Waals surface area (Å²) in [5.74, 6) is 1.40. The van der Waals surface area contributed by atoms with Gasteiger partial charge in [0.25, 0.3) is 5.91 Å². The first-order chi connectivity index (χ1) is 13.7. The molecule has 9 heteroatoms. The van der Waals surface area contributed by atoms with Gasteiger partial charge in [0, 0.05) is 25.7 Å². The van der Waals surface area contributed by atoms with Crippen LogP contribution in [0.2, 0.25) is 0 Å². The van der Waals surface area contributed by atoms with Gasteiger partial charge in [-0.25, -0.2) is 4.68 Å². The highest BCUT2D eigenvalue weighted by atomic mass is 35.5. The second-order valence-electron chi connectivity index (χ2n) is 7.98. The minimum Gasteiger partial charge on any atom is -0.486 e. The molecule has 0 saturated carbocycles. The number of carbonyl (C=O) groups is 1. The van der Waals surface area contributed by atoms with Gasteiger partial charge in [-0.1, -0.05) is 5.21 Å². The number of halogens is 1. The van der Waals surface area contributed by atoms with E-state index in [2.05, 4.69) is 15.6 Å². The first kappa shape index (κ1) is 20.0. The van der Waals surface area contributed by atoms with Crippen LogP contribution in [0.15, 0.2) is 18.2 Å². The Hall–Kier alpha value is -2.32. The molecule has 156 valence electrons. The third kappa shape index (κ3) is 3.55. The molecule has 0 radical (unpaired) electrons. The van der Waals surface area contributed by atoms with E-state index >= 15 is 0 Å². The topological polar surface area (TPSA) is 81.5 Å². The van der Waals surface area contributed by atoms with Gasteiger partial charge in [0.15, 0.2) is 17.2 Å². The van der Waals surface area contributed by atoms with Gasteiger partial charge in [-0.2, -0.15) is 0 Å². The van der Waals surface area contributed by atoms with Crippen molar-refractivity contribution < 1.29 is 14.3 Å². The van der Waals surface area contributed by atoms with Gasteiger partial charge >= 0.3 is 0 Å². The van der Waals surface area contributed by atoms with Crippen LogP contribution in [0.25, 0.3) is 5.69 Å². The molecule has 1 aromatic carbocycles. The minimum atomic E-state index is -0.0258. The Kier molecular flexibility index (Phi) is 5.40. The lowest BCUT2D eigenvalue weighted by Gasteiger charge is -2.38. The average molecular weight is 420 g/mol. The van der Waals surface area contributed by atoms with Crippen LogP contribution in [0.3, 0.4) is 0 Å². The van der Waals surface area contributed by atoms with Crippen LogP contribution in [0.4, 0.5) is 0 Å². The lowest BCUT2D eigenvalue weighted by molar-refractivity contribution is 0.0601. The Morgan fingerprint density at radius 1 is 1.14 bits per heavy atom. The zero-order chi connectivity index (χ0) is 19.1. The number of fused-ring (bicyclic) bond motifs is 1. The van der Waals surface area contributed by atoms with E-state index in [0.29, 0.717) is 30.1 Å². The molecule has 4 heterocycles. The molecule has 2 saturated heterocycles. The Morgan fingerprint density at radius 3 is 2.62 bits per heavy atom. The van der Waals surface area contributed by atoms with Crippen LogP contribution in [-0.2, 0) is 0 Å². The molecule has 1 N–H and O–H groups in total. The number of piperidine rings is 1. The summed E-state index contributed by atoms with van der Waals surface area (Å²) < 4.78 is 12.9. The van der Waals surface area contributed by atoms with Crippen LogP contribution in [0.5, 0.6) is 11.5 Å². The Bertz CT molecular complexity index is 900. The van der Waals surface area contributed by atoms with E-state index in [1.165, 1.54) is 6.42 Å². The fourth-order valence-electron chi connectivity index (χ4n) is 4.49. The van der Waals surface area contributed by atoms with Gasteiger partial charge in [-0.05, 0) is 50.3 Å².